The molecule has 3 heterocycles. The SMILES string of the molecule is C[C@H](NS(=O)(=O)c1ccc2c(c1)OCCCO2)C(=O)N1CCN(Cc2ccncc2)CC1. The Morgan fingerprint density at radius 2 is 1.75 bits per heavy atom. The first-order valence-corrected chi connectivity index (χ1v) is 12.2. The Labute approximate surface area is 188 Å². The van der Waals surface area contributed by atoms with Crippen molar-refractivity contribution in [3.63, 3.8) is 0 Å². The minimum atomic E-state index is -3.89. The number of amides is 1. The van der Waals surface area contributed by atoms with Crippen molar-refractivity contribution >= 4 is 15.9 Å². The predicted molar refractivity (Wildman–Crippen MR) is 118 cm³/mol. The monoisotopic (exact) mass is 460 g/mol. The van der Waals surface area contributed by atoms with Crippen LogP contribution in [0.5, 0.6) is 11.5 Å². The lowest BCUT2D eigenvalue weighted by Crippen LogP contribution is -2.53. The van der Waals surface area contributed by atoms with Crippen LogP contribution in [0.2, 0.25) is 0 Å². The fourth-order valence-corrected chi connectivity index (χ4v) is 5.02. The van der Waals surface area contributed by atoms with Gasteiger partial charge in [-0.1, -0.05) is 0 Å². The van der Waals surface area contributed by atoms with Gasteiger partial charge in [0.2, 0.25) is 15.9 Å². The molecule has 2 aromatic rings. The molecular formula is C22H28N4O5S. The minimum absolute atomic E-state index is 0.0450. The summed E-state index contributed by atoms with van der Waals surface area (Å²) >= 11 is 0. The average molecular weight is 461 g/mol. The van der Waals surface area contributed by atoms with Gasteiger partial charge in [0, 0.05) is 57.6 Å². The van der Waals surface area contributed by atoms with E-state index in [1.807, 2.05) is 12.1 Å². The van der Waals surface area contributed by atoms with E-state index >= 15 is 0 Å². The number of aromatic nitrogens is 1. The first-order chi connectivity index (χ1) is 15.4. The quantitative estimate of drug-likeness (QED) is 0.692. The molecular weight excluding hydrogens is 432 g/mol. The molecule has 172 valence electrons. The standard InChI is InChI=1S/C22H28N4O5S/c1-17(22(27)26-11-9-25(10-12-26)16-18-5-7-23-8-6-18)24-32(28,29)19-3-4-20-21(15-19)31-14-2-13-30-20/h3-8,15,17,24H,2,9-14,16H2,1H3/t17-/m0/s1. The maximum Gasteiger partial charge on any atom is 0.241 e. The molecule has 4 rings (SSSR count). The third kappa shape index (κ3) is 5.37. The van der Waals surface area contributed by atoms with Gasteiger partial charge in [-0.25, -0.2) is 8.42 Å². The normalized spacial score (nSPS) is 18.1. The summed E-state index contributed by atoms with van der Waals surface area (Å²) in [4.78, 5) is 20.9. The van der Waals surface area contributed by atoms with Crippen LogP contribution in [0.4, 0.5) is 0 Å². The lowest BCUT2D eigenvalue weighted by atomic mass is 10.2. The molecule has 1 fully saturated rings. The van der Waals surface area contributed by atoms with Crippen molar-refractivity contribution in [2.45, 2.75) is 30.8 Å². The summed E-state index contributed by atoms with van der Waals surface area (Å²) < 4.78 is 39.4. The fourth-order valence-electron chi connectivity index (χ4n) is 3.81. The number of sulfonamides is 1. The highest BCUT2D eigenvalue weighted by Gasteiger charge is 2.29. The molecule has 9 nitrogen and oxygen atoms in total. The second-order valence-corrected chi connectivity index (χ2v) is 9.67. The number of hydrogen-bond acceptors (Lipinski definition) is 7. The predicted octanol–water partition coefficient (Wildman–Crippen LogP) is 1.25. The van der Waals surface area contributed by atoms with Crippen molar-refractivity contribution in [1.82, 2.24) is 19.5 Å². The van der Waals surface area contributed by atoms with E-state index in [4.69, 9.17) is 9.47 Å². The number of nitrogens with one attached hydrogen (secondary N) is 1. The number of ether oxygens (including phenoxy) is 2. The highest BCUT2D eigenvalue weighted by molar-refractivity contribution is 7.89. The molecule has 1 aromatic carbocycles. The summed E-state index contributed by atoms with van der Waals surface area (Å²) in [5.41, 5.74) is 1.18. The summed E-state index contributed by atoms with van der Waals surface area (Å²) in [7, 11) is -3.89. The Bertz CT molecular complexity index is 1040. The molecule has 0 unspecified atom stereocenters. The van der Waals surface area contributed by atoms with Crippen molar-refractivity contribution < 1.29 is 22.7 Å². The Hall–Kier alpha value is -2.69. The van der Waals surface area contributed by atoms with E-state index in [0.717, 1.165) is 26.1 Å². The van der Waals surface area contributed by atoms with Gasteiger partial charge in [0.1, 0.15) is 0 Å². The number of fused-ring (bicyclic) bond motifs is 1. The minimum Gasteiger partial charge on any atom is -0.490 e. The zero-order chi connectivity index (χ0) is 22.6. The van der Waals surface area contributed by atoms with Crippen molar-refractivity contribution in [2.24, 2.45) is 0 Å². The summed E-state index contributed by atoms with van der Waals surface area (Å²) in [5, 5.41) is 0. The van der Waals surface area contributed by atoms with Crippen LogP contribution >= 0.6 is 0 Å². The van der Waals surface area contributed by atoms with Crippen LogP contribution in [-0.2, 0) is 21.4 Å². The van der Waals surface area contributed by atoms with Crippen LogP contribution in [0.3, 0.4) is 0 Å². The van der Waals surface area contributed by atoms with E-state index < -0.39 is 16.1 Å². The maximum atomic E-state index is 12.9. The fraction of sp³-hybridized carbons (Fsp3) is 0.455. The van der Waals surface area contributed by atoms with Crippen molar-refractivity contribution in [2.75, 3.05) is 39.4 Å². The zero-order valence-corrected chi connectivity index (χ0v) is 18.9. The summed E-state index contributed by atoms with van der Waals surface area (Å²) in [6.07, 6.45) is 4.27. The van der Waals surface area contributed by atoms with Gasteiger partial charge in [0.15, 0.2) is 11.5 Å². The number of rotatable bonds is 6. The molecule has 0 spiro atoms. The molecule has 0 radical (unpaired) electrons. The van der Waals surface area contributed by atoms with Crippen LogP contribution in [0.15, 0.2) is 47.6 Å². The molecule has 0 aliphatic carbocycles. The zero-order valence-electron chi connectivity index (χ0n) is 18.1. The van der Waals surface area contributed by atoms with Gasteiger partial charge in [-0.3, -0.25) is 14.7 Å². The summed E-state index contributed by atoms with van der Waals surface area (Å²) in [6.45, 7) is 5.94. The molecule has 1 amide bonds. The van der Waals surface area contributed by atoms with Crippen molar-refractivity contribution in [1.29, 1.82) is 0 Å². The average Bonchev–Trinajstić information content (AvgIpc) is 3.04. The van der Waals surface area contributed by atoms with Gasteiger partial charge in [-0.15, -0.1) is 0 Å². The molecule has 1 N–H and O–H groups in total. The number of hydrogen-bond donors (Lipinski definition) is 1. The van der Waals surface area contributed by atoms with E-state index in [1.54, 1.807) is 30.3 Å². The van der Waals surface area contributed by atoms with Gasteiger partial charge in [-0.2, -0.15) is 4.72 Å². The number of piperazine rings is 1. The Morgan fingerprint density at radius 1 is 1.06 bits per heavy atom. The molecule has 1 aromatic heterocycles. The van der Waals surface area contributed by atoms with Crippen LogP contribution in [0.25, 0.3) is 0 Å². The van der Waals surface area contributed by atoms with E-state index in [-0.39, 0.29) is 10.8 Å². The number of carbonyl (C=O) groups excluding carboxylic acids is 1. The van der Waals surface area contributed by atoms with Gasteiger partial charge in [0.25, 0.3) is 0 Å². The van der Waals surface area contributed by atoms with Crippen molar-refractivity contribution in [3.05, 3.63) is 48.3 Å². The molecule has 2 aliphatic heterocycles. The largest absolute Gasteiger partial charge is 0.490 e. The molecule has 10 heteroatoms. The topological polar surface area (TPSA) is 101 Å². The van der Waals surface area contributed by atoms with Gasteiger partial charge in [0.05, 0.1) is 24.2 Å². The van der Waals surface area contributed by atoms with Crippen molar-refractivity contribution in [3.8, 4) is 11.5 Å². The third-order valence-corrected chi connectivity index (χ3v) is 7.11. The van der Waals surface area contributed by atoms with E-state index in [0.29, 0.717) is 37.8 Å². The first-order valence-electron chi connectivity index (χ1n) is 10.7. The first kappa shape index (κ1) is 22.5. The number of nitrogens with zero attached hydrogens (tertiary/aromatic N) is 3. The van der Waals surface area contributed by atoms with E-state index in [9.17, 15) is 13.2 Å². The van der Waals surface area contributed by atoms with Crippen LogP contribution < -0.4 is 14.2 Å². The maximum absolute atomic E-state index is 12.9. The van der Waals surface area contributed by atoms with E-state index in [1.165, 1.54) is 17.7 Å². The summed E-state index contributed by atoms with van der Waals surface area (Å²) in [6, 6.07) is 7.58. The smallest absolute Gasteiger partial charge is 0.241 e. The molecule has 0 bridgehead atoms. The van der Waals surface area contributed by atoms with Crippen LogP contribution in [-0.4, -0.2) is 74.5 Å². The Balaban J connectivity index is 1.34. The number of pyridine rings is 1. The molecule has 0 saturated carbocycles. The van der Waals surface area contributed by atoms with Crippen LogP contribution in [0, 0.1) is 0 Å². The van der Waals surface area contributed by atoms with Gasteiger partial charge >= 0.3 is 0 Å². The summed E-state index contributed by atoms with van der Waals surface area (Å²) in [5.74, 6) is 0.691. The molecule has 2 aliphatic rings. The Kier molecular flexibility index (Phi) is 6.92. The van der Waals surface area contributed by atoms with Gasteiger partial charge in [-0.05, 0) is 36.8 Å². The second-order valence-electron chi connectivity index (χ2n) is 7.96. The van der Waals surface area contributed by atoms with Gasteiger partial charge < -0.3 is 14.4 Å². The highest BCUT2D eigenvalue weighted by Crippen LogP contribution is 2.31. The van der Waals surface area contributed by atoms with Crippen LogP contribution in [0.1, 0.15) is 18.9 Å². The Morgan fingerprint density at radius 3 is 2.47 bits per heavy atom. The lowest BCUT2D eigenvalue weighted by Gasteiger charge is -2.36. The number of benzene rings is 1. The number of carbonyl (C=O) groups is 1. The molecule has 1 atom stereocenters. The second kappa shape index (κ2) is 9.85. The van der Waals surface area contributed by atoms with E-state index in [2.05, 4.69) is 14.6 Å². The lowest BCUT2D eigenvalue weighted by molar-refractivity contribution is -0.134. The third-order valence-electron chi connectivity index (χ3n) is 5.57. The highest BCUT2D eigenvalue weighted by atomic mass is 32.2. The molecule has 1 saturated heterocycles. The molecule has 32 heavy (non-hydrogen) atoms.